The van der Waals surface area contributed by atoms with E-state index in [0.29, 0.717) is 5.56 Å². The highest BCUT2D eigenvalue weighted by Crippen LogP contribution is 2.23. The number of rotatable bonds is 6. The van der Waals surface area contributed by atoms with Gasteiger partial charge < -0.3 is 15.1 Å². The summed E-state index contributed by atoms with van der Waals surface area (Å²) in [7, 11) is 6.60. The summed E-state index contributed by atoms with van der Waals surface area (Å²) in [5, 5.41) is 11.1. The van der Waals surface area contributed by atoms with Gasteiger partial charge in [-0.25, -0.2) is 5.48 Å². The van der Waals surface area contributed by atoms with Crippen molar-refractivity contribution in [3.8, 4) is 11.1 Å². The maximum Gasteiger partial charge on any atom is 0.275 e. The highest BCUT2D eigenvalue weighted by molar-refractivity contribution is 6.08. The van der Waals surface area contributed by atoms with Gasteiger partial charge in [0.05, 0.1) is 0 Å². The lowest BCUT2D eigenvalue weighted by molar-refractivity contribution is -0.140. The van der Waals surface area contributed by atoms with Gasteiger partial charge in [0.15, 0.2) is 6.04 Å². The molecule has 0 fully saturated rings. The van der Waals surface area contributed by atoms with Crippen LogP contribution in [0, 0.1) is 0 Å². The Hall–Kier alpha value is -3.39. The van der Waals surface area contributed by atoms with E-state index < -0.39 is 23.8 Å². The first-order chi connectivity index (χ1) is 13.3. The fourth-order valence-corrected chi connectivity index (χ4v) is 2.75. The number of nitrogens with one attached hydrogen (secondary N) is 2. The smallest absolute Gasteiger partial charge is 0.275 e. The van der Waals surface area contributed by atoms with Gasteiger partial charge >= 0.3 is 0 Å². The van der Waals surface area contributed by atoms with E-state index in [1.54, 1.807) is 24.3 Å². The van der Waals surface area contributed by atoms with Crippen LogP contribution in [0.15, 0.2) is 48.5 Å². The number of benzene rings is 2. The van der Waals surface area contributed by atoms with Crippen LogP contribution in [0.3, 0.4) is 0 Å². The molecule has 3 amide bonds. The molecule has 0 bridgehead atoms. The number of likely N-dealkylation sites (N-methyl/N-ethyl adjacent to an activating group) is 2. The summed E-state index contributed by atoms with van der Waals surface area (Å²) in [6.07, 6.45) is 0. The quantitative estimate of drug-likeness (QED) is 0.393. The van der Waals surface area contributed by atoms with Crippen LogP contribution in [0.1, 0.15) is 10.4 Å². The molecule has 0 aromatic heterocycles. The van der Waals surface area contributed by atoms with Crippen LogP contribution >= 0.6 is 0 Å². The summed E-state index contributed by atoms with van der Waals surface area (Å²) in [5.41, 5.74) is 4.74. The predicted octanol–water partition coefficient (Wildman–Crippen LogP) is 1.11. The SMILES string of the molecule is CNC(=O)C(C(=O)NO)N(C)C(=O)c1ccc(-c2ccc(N(C)C)cc2)cc1. The first kappa shape index (κ1) is 20.9. The van der Waals surface area contributed by atoms with Crippen molar-refractivity contribution in [3.63, 3.8) is 0 Å². The number of carbonyl (C=O) groups is 3. The zero-order valence-corrected chi connectivity index (χ0v) is 16.3. The molecule has 1 atom stereocenters. The maximum absolute atomic E-state index is 12.7. The molecule has 0 heterocycles. The Morgan fingerprint density at radius 3 is 1.79 bits per heavy atom. The molecule has 0 aliphatic rings. The van der Waals surface area contributed by atoms with Gasteiger partial charge in [0.2, 0.25) is 0 Å². The Labute approximate surface area is 163 Å². The van der Waals surface area contributed by atoms with Crippen molar-refractivity contribution >= 4 is 23.4 Å². The Kier molecular flexibility index (Phi) is 6.73. The average molecular weight is 384 g/mol. The number of hydroxylamine groups is 1. The lowest BCUT2D eigenvalue weighted by Crippen LogP contribution is -2.54. The van der Waals surface area contributed by atoms with Gasteiger partial charge in [-0.1, -0.05) is 24.3 Å². The second kappa shape index (κ2) is 9.01. The first-order valence-electron chi connectivity index (χ1n) is 8.60. The van der Waals surface area contributed by atoms with E-state index in [1.807, 2.05) is 43.3 Å². The third-order valence-corrected chi connectivity index (χ3v) is 4.41. The van der Waals surface area contributed by atoms with E-state index in [4.69, 9.17) is 5.21 Å². The van der Waals surface area contributed by atoms with Crippen LogP contribution in [0.5, 0.6) is 0 Å². The van der Waals surface area contributed by atoms with Gasteiger partial charge in [-0.05, 0) is 35.4 Å². The molecule has 0 spiro atoms. The monoisotopic (exact) mass is 384 g/mol. The second-order valence-corrected chi connectivity index (χ2v) is 6.43. The molecule has 2 aromatic rings. The zero-order valence-electron chi connectivity index (χ0n) is 16.3. The van der Waals surface area contributed by atoms with Crippen LogP contribution in [0.4, 0.5) is 5.69 Å². The first-order valence-corrected chi connectivity index (χ1v) is 8.60. The Morgan fingerprint density at radius 2 is 1.36 bits per heavy atom. The van der Waals surface area contributed by atoms with E-state index >= 15 is 0 Å². The van der Waals surface area contributed by atoms with Crippen molar-refractivity contribution in [1.82, 2.24) is 15.7 Å². The number of carbonyl (C=O) groups excluding carboxylic acids is 3. The van der Waals surface area contributed by atoms with Gasteiger partial charge in [0, 0.05) is 39.4 Å². The molecule has 0 saturated heterocycles. The second-order valence-electron chi connectivity index (χ2n) is 6.43. The minimum absolute atomic E-state index is 0.316. The normalized spacial score (nSPS) is 11.3. The molecule has 8 heteroatoms. The number of hydrogen-bond donors (Lipinski definition) is 3. The maximum atomic E-state index is 12.7. The van der Waals surface area contributed by atoms with E-state index in [2.05, 4.69) is 5.32 Å². The summed E-state index contributed by atoms with van der Waals surface area (Å²) in [6, 6.07) is 13.4. The van der Waals surface area contributed by atoms with Crippen molar-refractivity contribution in [2.45, 2.75) is 6.04 Å². The lowest BCUT2D eigenvalue weighted by Gasteiger charge is -2.25. The van der Waals surface area contributed by atoms with Crippen LogP contribution in [0.2, 0.25) is 0 Å². The summed E-state index contributed by atoms with van der Waals surface area (Å²) in [6.45, 7) is 0. The molecule has 0 aliphatic heterocycles. The molecule has 0 aliphatic carbocycles. The van der Waals surface area contributed by atoms with Crippen molar-refractivity contribution in [1.29, 1.82) is 0 Å². The highest BCUT2D eigenvalue weighted by Gasteiger charge is 2.33. The average Bonchev–Trinajstić information content (AvgIpc) is 2.73. The summed E-state index contributed by atoms with van der Waals surface area (Å²) in [5.74, 6) is -2.22. The van der Waals surface area contributed by atoms with Crippen LogP contribution in [-0.2, 0) is 9.59 Å². The van der Waals surface area contributed by atoms with Crippen molar-refractivity contribution in [2.75, 3.05) is 33.1 Å². The van der Waals surface area contributed by atoms with Gasteiger partial charge in [0.25, 0.3) is 17.7 Å². The van der Waals surface area contributed by atoms with E-state index in [9.17, 15) is 14.4 Å². The standard InChI is InChI=1S/C20H24N4O4/c1-21-18(25)17(19(26)22-28)24(4)20(27)15-7-5-13(6-8-15)14-9-11-16(12-10-14)23(2)3/h5-12,17,28H,1-4H3,(H,21,25)(H,22,26). The molecule has 8 nitrogen and oxygen atoms in total. The molecule has 148 valence electrons. The molecule has 0 radical (unpaired) electrons. The summed E-state index contributed by atoms with van der Waals surface area (Å²) >= 11 is 0. The van der Waals surface area contributed by atoms with Gasteiger partial charge in [-0.3, -0.25) is 19.6 Å². The summed E-state index contributed by atoms with van der Waals surface area (Å²) < 4.78 is 0. The van der Waals surface area contributed by atoms with Crippen molar-refractivity contribution < 1.29 is 19.6 Å². The van der Waals surface area contributed by atoms with Gasteiger partial charge in [-0.15, -0.1) is 0 Å². The lowest BCUT2D eigenvalue weighted by atomic mass is 10.0. The van der Waals surface area contributed by atoms with Gasteiger partial charge in [-0.2, -0.15) is 0 Å². The molecule has 2 aromatic carbocycles. The fourth-order valence-electron chi connectivity index (χ4n) is 2.75. The molecular weight excluding hydrogens is 360 g/mol. The topological polar surface area (TPSA) is 102 Å². The molecule has 3 N–H and O–H groups in total. The van der Waals surface area contributed by atoms with E-state index in [0.717, 1.165) is 21.7 Å². The Morgan fingerprint density at radius 1 is 0.857 bits per heavy atom. The third kappa shape index (κ3) is 4.47. The number of nitrogens with zero attached hydrogens (tertiary/aromatic N) is 2. The van der Waals surface area contributed by atoms with Crippen molar-refractivity contribution in [2.24, 2.45) is 0 Å². The zero-order chi connectivity index (χ0) is 20.8. The fraction of sp³-hybridized carbons (Fsp3) is 0.250. The number of hydrogen-bond acceptors (Lipinski definition) is 5. The van der Waals surface area contributed by atoms with Gasteiger partial charge in [0.1, 0.15) is 0 Å². The molecular formula is C20H24N4O4. The van der Waals surface area contributed by atoms with Crippen LogP contribution in [0.25, 0.3) is 11.1 Å². The third-order valence-electron chi connectivity index (χ3n) is 4.41. The van der Waals surface area contributed by atoms with E-state index in [-0.39, 0.29) is 0 Å². The van der Waals surface area contributed by atoms with Crippen LogP contribution in [-0.4, -0.2) is 62.1 Å². The Balaban J connectivity index is 2.22. The Bertz CT molecular complexity index is 832. The summed E-state index contributed by atoms with van der Waals surface area (Å²) in [4.78, 5) is 39.4. The molecule has 2 rings (SSSR count). The predicted molar refractivity (Wildman–Crippen MR) is 106 cm³/mol. The molecule has 0 saturated carbocycles. The van der Waals surface area contributed by atoms with Crippen molar-refractivity contribution in [3.05, 3.63) is 54.1 Å². The molecule has 28 heavy (non-hydrogen) atoms. The van der Waals surface area contributed by atoms with E-state index in [1.165, 1.54) is 19.6 Å². The van der Waals surface area contributed by atoms with Crippen LogP contribution < -0.4 is 15.7 Å². The minimum Gasteiger partial charge on any atom is -0.378 e. The number of amides is 3. The largest absolute Gasteiger partial charge is 0.378 e. The highest BCUT2D eigenvalue weighted by atomic mass is 16.5. The number of anilines is 1. The minimum atomic E-state index is -1.49. The molecule has 1 unspecified atom stereocenters.